The molecular weight excluding hydrogens is 380 g/mol. The summed E-state index contributed by atoms with van der Waals surface area (Å²) in [5.74, 6) is 0.493. The van der Waals surface area contributed by atoms with Crippen molar-refractivity contribution in [2.45, 2.75) is 19.5 Å². The predicted octanol–water partition coefficient (Wildman–Crippen LogP) is 3.56. The third-order valence-corrected chi connectivity index (χ3v) is 5.10. The van der Waals surface area contributed by atoms with Gasteiger partial charge < -0.3 is 4.98 Å². The fourth-order valence-electron chi connectivity index (χ4n) is 3.44. The lowest BCUT2D eigenvalue weighted by molar-refractivity contribution is -0.385. The average molecular weight is 397 g/mol. The maximum Gasteiger partial charge on any atom is 0.273 e. The topological polar surface area (TPSA) is 92.1 Å². The number of halogens is 1. The van der Waals surface area contributed by atoms with E-state index in [0.717, 1.165) is 5.56 Å². The molecule has 0 saturated carbocycles. The molecule has 0 spiro atoms. The van der Waals surface area contributed by atoms with Crippen LogP contribution in [0.1, 0.15) is 16.8 Å². The SMILES string of the molecule is O=c1[nH]c(-c2ccc(Cl)cc2)nc2c1CCN(Cc1ccccc1[N+](=O)[O-])C2. The molecule has 1 N–H and O–H groups in total. The van der Waals surface area contributed by atoms with Crippen LogP contribution in [0, 0.1) is 10.1 Å². The van der Waals surface area contributed by atoms with Crippen molar-refractivity contribution in [3.8, 4) is 11.4 Å². The van der Waals surface area contributed by atoms with E-state index in [2.05, 4.69) is 14.9 Å². The van der Waals surface area contributed by atoms with Crippen LogP contribution in [0.5, 0.6) is 0 Å². The number of benzene rings is 2. The van der Waals surface area contributed by atoms with Gasteiger partial charge in [-0.05, 0) is 30.7 Å². The number of aromatic nitrogens is 2. The Labute approximate surface area is 165 Å². The molecule has 1 aromatic heterocycles. The number of nitrogens with one attached hydrogen (secondary N) is 1. The Morgan fingerprint density at radius 1 is 1.18 bits per heavy atom. The highest BCUT2D eigenvalue weighted by Crippen LogP contribution is 2.24. The van der Waals surface area contributed by atoms with Crippen LogP contribution in [0.4, 0.5) is 5.69 Å². The number of rotatable bonds is 4. The third kappa shape index (κ3) is 3.67. The standard InChI is InChI=1S/C20H17ClN4O3/c21-15-7-5-13(6-8-15)19-22-17-12-24(10-9-16(17)20(26)23-19)11-14-3-1-2-4-18(14)25(27)28/h1-8H,9-12H2,(H,22,23,26). The molecule has 2 aromatic carbocycles. The normalized spacial score (nSPS) is 13.9. The molecule has 3 aromatic rings. The molecule has 0 aliphatic carbocycles. The van der Waals surface area contributed by atoms with E-state index in [0.29, 0.717) is 53.7 Å². The molecule has 0 bridgehead atoms. The quantitative estimate of drug-likeness (QED) is 0.537. The number of fused-ring (bicyclic) bond motifs is 1. The summed E-state index contributed by atoms with van der Waals surface area (Å²) in [4.78, 5) is 33.0. The van der Waals surface area contributed by atoms with E-state index in [-0.39, 0.29) is 16.2 Å². The minimum absolute atomic E-state index is 0.106. The molecule has 8 heteroatoms. The number of hydrogen-bond donors (Lipinski definition) is 1. The monoisotopic (exact) mass is 396 g/mol. The molecule has 7 nitrogen and oxygen atoms in total. The molecule has 0 radical (unpaired) electrons. The van der Waals surface area contributed by atoms with E-state index in [9.17, 15) is 14.9 Å². The number of nitro groups is 1. The summed E-state index contributed by atoms with van der Waals surface area (Å²) >= 11 is 5.93. The second-order valence-electron chi connectivity index (χ2n) is 6.69. The zero-order valence-corrected chi connectivity index (χ0v) is 15.6. The lowest BCUT2D eigenvalue weighted by atomic mass is 10.0. The van der Waals surface area contributed by atoms with Crippen LogP contribution in [0.3, 0.4) is 0 Å². The molecule has 0 atom stereocenters. The highest BCUT2D eigenvalue weighted by Gasteiger charge is 2.23. The number of nitrogens with zero attached hydrogens (tertiary/aromatic N) is 3. The molecule has 1 aliphatic heterocycles. The first-order chi connectivity index (χ1) is 13.5. The van der Waals surface area contributed by atoms with Gasteiger partial charge in [0.1, 0.15) is 5.82 Å². The summed E-state index contributed by atoms with van der Waals surface area (Å²) in [7, 11) is 0. The molecule has 142 valence electrons. The summed E-state index contributed by atoms with van der Waals surface area (Å²) < 4.78 is 0. The Bertz CT molecular complexity index is 1100. The van der Waals surface area contributed by atoms with E-state index in [1.54, 1.807) is 42.5 Å². The van der Waals surface area contributed by atoms with Gasteiger partial charge in [-0.2, -0.15) is 0 Å². The van der Waals surface area contributed by atoms with Crippen molar-refractivity contribution in [3.63, 3.8) is 0 Å². The van der Waals surface area contributed by atoms with E-state index in [4.69, 9.17) is 11.6 Å². The Hall–Kier alpha value is -3.03. The summed E-state index contributed by atoms with van der Waals surface area (Å²) in [6.07, 6.45) is 0.555. The Balaban J connectivity index is 1.62. The van der Waals surface area contributed by atoms with Crippen molar-refractivity contribution in [1.29, 1.82) is 0 Å². The molecule has 0 amide bonds. The number of aromatic amines is 1. The zero-order valence-electron chi connectivity index (χ0n) is 14.9. The zero-order chi connectivity index (χ0) is 19.7. The summed E-state index contributed by atoms with van der Waals surface area (Å²) in [6.45, 7) is 1.54. The molecule has 0 saturated heterocycles. The first kappa shape index (κ1) is 18.3. The van der Waals surface area contributed by atoms with E-state index < -0.39 is 0 Å². The Morgan fingerprint density at radius 2 is 1.93 bits per heavy atom. The van der Waals surface area contributed by atoms with Crippen molar-refractivity contribution in [2.75, 3.05) is 6.54 Å². The minimum atomic E-state index is -0.366. The average Bonchev–Trinajstić information content (AvgIpc) is 2.68. The predicted molar refractivity (Wildman–Crippen MR) is 106 cm³/mol. The lowest BCUT2D eigenvalue weighted by Crippen LogP contribution is -2.35. The second kappa shape index (κ2) is 7.53. The van der Waals surface area contributed by atoms with Gasteiger partial charge in [-0.15, -0.1) is 0 Å². The number of H-pyrrole nitrogens is 1. The van der Waals surface area contributed by atoms with Crippen LogP contribution < -0.4 is 5.56 Å². The van der Waals surface area contributed by atoms with Gasteiger partial charge >= 0.3 is 0 Å². The van der Waals surface area contributed by atoms with Gasteiger partial charge in [0.15, 0.2) is 0 Å². The Kier molecular flexibility index (Phi) is 4.93. The van der Waals surface area contributed by atoms with Crippen LogP contribution in [0.2, 0.25) is 5.02 Å². The molecule has 4 rings (SSSR count). The van der Waals surface area contributed by atoms with Crippen LogP contribution in [0.15, 0.2) is 53.3 Å². The number of hydrogen-bond acceptors (Lipinski definition) is 5. The molecule has 2 heterocycles. The van der Waals surface area contributed by atoms with Gasteiger partial charge in [0, 0.05) is 47.4 Å². The number of nitro benzene ring substituents is 1. The minimum Gasteiger partial charge on any atom is -0.306 e. The van der Waals surface area contributed by atoms with Crippen LogP contribution >= 0.6 is 11.6 Å². The van der Waals surface area contributed by atoms with Crippen molar-refractivity contribution in [3.05, 3.63) is 90.8 Å². The van der Waals surface area contributed by atoms with Crippen LogP contribution in [-0.2, 0) is 19.5 Å². The van der Waals surface area contributed by atoms with Crippen LogP contribution in [-0.4, -0.2) is 26.3 Å². The number of para-hydroxylation sites is 1. The molecule has 28 heavy (non-hydrogen) atoms. The molecule has 1 aliphatic rings. The second-order valence-corrected chi connectivity index (χ2v) is 7.13. The molecule has 0 fully saturated rings. The van der Waals surface area contributed by atoms with Crippen molar-refractivity contribution >= 4 is 17.3 Å². The highest BCUT2D eigenvalue weighted by atomic mass is 35.5. The summed E-state index contributed by atoms with van der Waals surface area (Å²) in [6, 6.07) is 13.8. The Morgan fingerprint density at radius 3 is 2.68 bits per heavy atom. The van der Waals surface area contributed by atoms with Gasteiger partial charge in [0.25, 0.3) is 11.2 Å². The van der Waals surface area contributed by atoms with E-state index in [1.165, 1.54) is 6.07 Å². The fraction of sp³-hybridized carbons (Fsp3) is 0.200. The molecule has 0 unspecified atom stereocenters. The molecular formula is C20H17ClN4O3. The van der Waals surface area contributed by atoms with E-state index >= 15 is 0 Å². The van der Waals surface area contributed by atoms with E-state index in [1.807, 2.05) is 0 Å². The van der Waals surface area contributed by atoms with Gasteiger partial charge in [-0.1, -0.05) is 29.8 Å². The first-order valence-corrected chi connectivity index (χ1v) is 9.22. The smallest absolute Gasteiger partial charge is 0.273 e. The van der Waals surface area contributed by atoms with Gasteiger partial charge in [-0.25, -0.2) is 4.98 Å². The maximum atomic E-state index is 12.5. The summed E-state index contributed by atoms with van der Waals surface area (Å²) in [5.41, 5.74) is 2.78. The van der Waals surface area contributed by atoms with Crippen LogP contribution in [0.25, 0.3) is 11.4 Å². The summed E-state index contributed by atoms with van der Waals surface area (Å²) in [5, 5.41) is 11.9. The van der Waals surface area contributed by atoms with Gasteiger partial charge in [0.05, 0.1) is 10.6 Å². The maximum absolute atomic E-state index is 12.5. The van der Waals surface area contributed by atoms with Crippen molar-refractivity contribution in [2.24, 2.45) is 0 Å². The van der Waals surface area contributed by atoms with Gasteiger partial charge in [0.2, 0.25) is 0 Å². The van der Waals surface area contributed by atoms with Crippen molar-refractivity contribution in [1.82, 2.24) is 14.9 Å². The van der Waals surface area contributed by atoms with Gasteiger partial charge in [-0.3, -0.25) is 19.8 Å². The largest absolute Gasteiger partial charge is 0.306 e. The highest BCUT2D eigenvalue weighted by molar-refractivity contribution is 6.30. The third-order valence-electron chi connectivity index (χ3n) is 4.85. The first-order valence-electron chi connectivity index (χ1n) is 8.84. The fourth-order valence-corrected chi connectivity index (χ4v) is 3.56. The van der Waals surface area contributed by atoms with Crippen molar-refractivity contribution < 1.29 is 4.92 Å². The lowest BCUT2D eigenvalue weighted by Gasteiger charge is -2.27.